The molecule has 6 heteroatoms. The lowest BCUT2D eigenvalue weighted by Crippen LogP contribution is -2.27. The second-order valence-electron chi connectivity index (χ2n) is 5.66. The molecule has 1 aromatic carbocycles. The van der Waals surface area contributed by atoms with E-state index in [0.29, 0.717) is 11.7 Å². The number of aliphatic hydroxyl groups is 1. The van der Waals surface area contributed by atoms with E-state index in [0.717, 1.165) is 22.7 Å². The molecule has 1 N–H and O–H groups in total. The lowest BCUT2D eigenvalue weighted by molar-refractivity contribution is 0.141. The first kappa shape index (κ1) is 16.8. The molecule has 0 fully saturated rings. The molecule has 1 atom stereocenters. The van der Waals surface area contributed by atoms with Gasteiger partial charge in [0.15, 0.2) is 5.15 Å². The fourth-order valence-electron chi connectivity index (χ4n) is 2.83. The molecule has 0 amide bonds. The molecular formula is C18H20ClN3O2. The number of halogens is 1. The standard InChI is InChI=1S/C18H20ClN3O2/c1-21(16(12-23)13-6-8-14(24-2)9-7-13)11-15-18(19)20-17-5-3-4-10-22(15)17/h3-10,16,23H,11-12H2,1-2H3. The van der Waals surface area contributed by atoms with Crippen molar-refractivity contribution in [2.75, 3.05) is 20.8 Å². The van der Waals surface area contributed by atoms with Crippen molar-refractivity contribution in [1.29, 1.82) is 0 Å². The Hall–Kier alpha value is -2.08. The maximum Gasteiger partial charge on any atom is 0.152 e. The van der Waals surface area contributed by atoms with E-state index in [1.165, 1.54) is 0 Å². The number of pyridine rings is 1. The van der Waals surface area contributed by atoms with Gasteiger partial charge < -0.3 is 14.2 Å². The van der Waals surface area contributed by atoms with Crippen LogP contribution in [0.2, 0.25) is 5.15 Å². The maximum absolute atomic E-state index is 9.86. The molecule has 0 aliphatic rings. The number of imidazole rings is 1. The Morgan fingerprint density at radius 2 is 2.00 bits per heavy atom. The third-order valence-corrected chi connectivity index (χ3v) is 4.49. The number of hydrogen-bond acceptors (Lipinski definition) is 4. The lowest BCUT2D eigenvalue weighted by atomic mass is 10.1. The van der Waals surface area contributed by atoms with Crippen LogP contribution in [-0.2, 0) is 6.54 Å². The summed E-state index contributed by atoms with van der Waals surface area (Å²) < 4.78 is 7.16. The van der Waals surface area contributed by atoms with Crippen LogP contribution in [0.1, 0.15) is 17.3 Å². The highest BCUT2D eigenvalue weighted by atomic mass is 35.5. The highest BCUT2D eigenvalue weighted by Gasteiger charge is 2.20. The van der Waals surface area contributed by atoms with Gasteiger partial charge >= 0.3 is 0 Å². The van der Waals surface area contributed by atoms with Crippen molar-refractivity contribution in [2.45, 2.75) is 12.6 Å². The summed E-state index contributed by atoms with van der Waals surface area (Å²) in [5, 5.41) is 10.3. The first-order valence-corrected chi connectivity index (χ1v) is 8.08. The zero-order valence-electron chi connectivity index (χ0n) is 13.7. The number of aromatic nitrogens is 2. The second kappa shape index (κ2) is 7.21. The fourth-order valence-corrected chi connectivity index (χ4v) is 3.07. The maximum atomic E-state index is 9.86. The van der Waals surface area contributed by atoms with E-state index in [9.17, 15) is 5.11 Å². The molecule has 3 aromatic rings. The van der Waals surface area contributed by atoms with Gasteiger partial charge in [0.25, 0.3) is 0 Å². The zero-order chi connectivity index (χ0) is 17.1. The van der Waals surface area contributed by atoms with Crippen LogP contribution in [-0.4, -0.2) is 40.2 Å². The number of methoxy groups -OCH3 is 1. The minimum Gasteiger partial charge on any atom is -0.497 e. The Kier molecular flexibility index (Phi) is 5.04. The summed E-state index contributed by atoms with van der Waals surface area (Å²) in [6.45, 7) is 0.582. The third kappa shape index (κ3) is 3.24. The summed E-state index contributed by atoms with van der Waals surface area (Å²) in [6, 6.07) is 13.4. The van der Waals surface area contributed by atoms with E-state index in [1.807, 2.05) is 60.1 Å². The van der Waals surface area contributed by atoms with Gasteiger partial charge in [-0.15, -0.1) is 0 Å². The van der Waals surface area contributed by atoms with Crippen LogP contribution in [0, 0.1) is 0 Å². The van der Waals surface area contributed by atoms with Crippen molar-refractivity contribution >= 4 is 17.2 Å². The van der Waals surface area contributed by atoms with Gasteiger partial charge in [0.05, 0.1) is 25.5 Å². The molecule has 24 heavy (non-hydrogen) atoms. The van der Waals surface area contributed by atoms with Crippen LogP contribution in [0.15, 0.2) is 48.7 Å². The summed E-state index contributed by atoms with van der Waals surface area (Å²) in [5.74, 6) is 0.794. The summed E-state index contributed by atoms with van der Waals surface area (Å²) in [6.07, 6.45) is 1.94. The molecule has 5 nitrogen and oxygen atoms in total. The molecular weight excluding hydrogens is 326 g/mol. The number of hydrogen-bond donors (Lipinski definition) is 1. The quantitative estimate of drug-likeness (QED) is 0.745. The number of likely N-dealkylation sites (N-methyl/N-ethyl adjacent to an activating group) is 1. The van der Waals surface area contributed by atoms with Gasteiger partial charge in [0.2, 0.25) is 0 Å². The van der Waals surface area contributed by atoms with Gasteiger partial charge in [-0.2, -0.15) is 0 Å². The van der Waals surface area contributed by atoms with Crippen molar-refractivity contribution in [1.82, 2.24) is 14.3 Å². The average molecular weight is 346 g/mol. The summed E-state index contributed by atoms with van der Waals surface area (Å²) in [4.78, 5) is 6.43. The number of ether oxygens (including phenoxy) is 1. The van der Waals surface area contributed by atoms with Gasteiger partial charge in [0.1, 0.15) is 11.4 Å². The van der Waals surface area contributed by atoms with Crippen LogP contribution in [0.3, 0.4) is 0 Å². The molecule has 0 saturated heterocycles. The van der Waals surface area contributed by atoms with Crippen molar-refractivity contribution < 1.29 is 9.84 Å². The molecule has 0 aliphatic heterocycles. The van der Waals surface area contributed by atoms with Crippen LogP contribution in [0.5, 0.6) is 5.75 Å². The molecule has 2 heterocycles. The van der Waals surface area contributed by atoms with Gasteiger partial charge in [-0.25, -0.2) is 4.98 Å². The van der Waals surface area contributed by atoms with Crippen molar-refractivity contribution in [3.8, 4) is 5.75 Å². The number of nitrogens with zero attached hydrogens (tertiary/aromatic N) is 3. The van der Waals surface area contributed by atoms with E-state index in [1.54, 1.807) is 7.11 Å². The van der Waals surface area contributed by atoms with Crippen molar-refractivity contribution in [3.05, 3.63) is 65.1 Å². The minimum atomic E-state index is -0.138. The molecule has 2 aromatic heterocycles. The van der Waals surface area contributed by atoms with Crippen LogP contribution in [0.25, 0.3) is 5.65 Å². The number of rotatable bonds is 6. The number of fused-ring (bicyclic) bond motifs is 1. The molecule has 0 saturated carbocycles. The Morgan fingerprint density at radius 3 is 2.67 bits per heavy atom. The normalized spacial score (nSPS) is 12.7. The van der Waals surface area contributed by atoms with E-state index in [2.05, 4.69) is 9.88 Å². The summed E-state index contributed by atoms with van der Waals surface area (Å²) in [7, 11) is 3.60. The third-order valence-electron chi connectivity index (χ3n) is 4.18. The molecule has 0 bridgehead atoms. The highest BCUT2D eigenvalue weighted by Crippen LogP contribution is 2.26. The number of aliphatic hydroxyl groups excluding tert-OH is 1. The van der Waals surface area contributed by atoms with E-state index >= 15 is 0 Å². The first-order valence-electron chi connectivity index (χ1n) is 7.70. The van der Waals surface area contributed by atoms with Crippen molar-refractivity contribution in [2.24, 2.45) is 0 Å². The van der Waals surface area contributed by atoms with Gasteiger partial charge in [-0.3, -0.25) is 4.90 Å². The van der Waals surface area contributed by atoms with E-state index < -0.39 is 0 Å². The van der Waals surface area contributed by atoms with Gasteiger partial charge in [0, 0.05) is 12.7 Å². The van der Waals surface area contributed by atoms with Crippen LogP contribution < -0.4 is 4.74 Å². The first-order chi connectivity index (χ1) is 11.6. The molecule has 0 radical (unpaired) electrons. The molecule has 1 unspecified atom stereocenters. The molecule has 126 valence electrons. The van der Waals surface area contributed by atoms with E-state index in [4.69, 9.17) is 16.3 Å². The summed E-state index contributed by atoms with van der Waals surface area (Å²) in [5.41, 5.74) is 2.74. The van der Waals surface area contributed by atoms with Crippen LogP contribution >= 0.6 is 11.6 Å². The monoisotopic (exact) mass is 345 g/mol. The molecule has 0 aliphatic carbocycles. The Labute approximate surface area is 146 Å². The zero-order valence-corrected chi connectivity index (χ0v) is 14.4. The SMILES string of the molecule is COc1ccc(C(CO)N(C)Cc2c(Cl)nc3ccccn23)cc1. The largest absolute Gasteiger partial charge is 0.497 e. The topological polar surface area (TPSA) is 50.0 Å². The van der Waals surface area contributed by atoms with Gasteiger partial charge in [-0.05, 0) is 36.9 Å². The number of benzene rings is 1. The fraction of sp³-hybridized carbons (Fsp3) is 0.278. The molecule has 3 rings (SSSR count). The molecule has 0 spiro atoms. The average Bonchev–Trinajstić information content (AvgIpc) is 2.92. The minimum absolute atomic E-state index is 0.0111. The smallest absolute Gasteiger partial charge is 0.152 e. The van der Waals surface area contributed by atoms with Gasteiger partial charge in [-0.1, -0.05) is 29.8 Å². The van der Waals surface area contributed by atoms with E-state index in [-0.39, 0.29) is 12.6 Å². The summed E-state index contributed by atoms with van der Waals surface area (Å²) >= 11 is 6.31. The van der Waals surface area contributed by atoms with Crippen LogP contribution in [0.4, 0.5) is 0 Å². The predicted molar refractivity (Wildman–Crippen MR) is 94.5 cm³/mol. The Morgan fingerprint density at radius 1 is 1.25 bits per heavy atom. The lowest BCUT2D eigenvalue weighted by Gasteiger charge is -2.27. The second-order valence-corrected chi connectivity index (χ2v) is 6.02. The predicted octanol–water partition coefficient (Wildman–Crippen LogP) is 3.16. The Balaban J connectivity index is 1.85. The van der Waals surface area contributed by atoms with Crippen molar-refractivity contribution in [3.63, 3.8) is 0 Å². The highest BCUT2D eigenvalue weighted by molar-refractivity contribution is 6.30. The Bertz CT molecular complexity index is 817.